The Morgan fingerprint density at radius 3 is 2.60 bits per heavy atom. The molecule has 3 aliphatic carbocycles. The fourth-order valence-electron chi connectivity index (χ4n) is 3.82. The quantitative estimate of drug-likeness (QED) is 0.708. The Labute approximate surface area is 124 Å². The summed E-state index contributed by atoms with van der Waals surface area (Å²) in [6, 6.07) is 0. The van der Waals surface area contributed by atoms with Crippen LogP contribution in [0.3, 0.4) is 0 Å². The number of allylic oxidation sites excluding steroid dienone is 1. The van der Waals surface area contributed by atoms with Crippen molar-refractivity contribution in [3.8, 4) is 0 Å². The SMILES string of the molecule is CC(C)(C)[Si](C)(C)O[C@H]1C=C2C(=O)[C@H]3C[C@H]3[C@]2(C)CC1. The topological polar surface area (TPSA) is 26.3 Å². The van der Waals surface area contributed by atoms with Crippen molar-refractivity contribution >= 4 is 14.1 Å². The first-order valence-electron chi connectivity index (χ1n) is 8.00. The zero-order chi connectivity index (χ0) is 14.9. The molecule has 2 nitrogen and oxygen atoms in total. The van der Waals surface area contributed by atoms with Crippen molar-refractivity contribution in [2.45, 2.75) is 71.2 Å². The Morgan fingerprint density at radius 2 is 2.00 bits per heavy atom. The van der Waals surface area contributed by atoms with Gasteiger partial charge in [-0.25, -0.2) is 0 Å². The summed E-state index contributed by atoms with van der Waals surface area (Å²) in [5.74, 6) is 1.44. The van der Waals surface area contributed by atoms with E-state index in [1.165, 1.54) is 0 Å². The molecular weight excluding hydrogens is 264 g/mol. The van der Waals surface area contributed by atoms with Gasteiger partial charge in [0.1, 0.15) is 0 Å². The normalized spacial score (nSPS) is 40.2. The first kappa shape index (κ1) is 14.5. The molecule has 4 atom stereocenters. The average Bonchev–Trinajstić information content (AvgIpc) is 3.05. The maximum Gasteiger partial charge on any atom is 0.192 e. The van der Waals surface area contributed by atoms with E-state index in [1.807, 2.05) is 0 Å². The number of rotatable bonds is 2. The van der Waals surface area contributed by atoms with Crippen LogP contribution in [0, 0.1) is 17.3 Å². The number of hydrogen-bond acceptors (Lipinski definition) is 2. The van der Waals surface area contributed by atoms with Crippen molar-refractivity contribution in [1.82, 2.24) is 0 Å². The van der Waals surface area contributed by atoms with Gasteiger partial charge in [-0.05, 0) is 54.8 Å². The van der Waals surface area contributed by atoms with Gasteiger partial charge in [-0.3, -0.25) is 4.79 Å². The molecule has 0 unspecified atom stereocenters. The molecule has 0 bridgehead atoms. The van der Waals surface area contributed by atoms with Gasteiger partial charge < -0.3 is 4.43 Å². The fraction of sp³-hybridized carbons (Fsp3) is 0.824. The summed E-state index contributed by atoms with van der Waals surface area (Å²) in [6.07, 6.45) is 5.72. The Hall–Kier alpha value is -0.413. The third-order valence-electron chi connectivity index (χ3n) is 6.38. The minimum atomic E-state index is -1.74. The van der Waals surface area contributed by atoms with Crippen molar-refractivity contribution in [1.29, 1.82) is 0 Å². The number of Topliss-reactive ketones (excluding diaryl/α,β-unsaturated/α-hetero) is 1. The molecule has 0 amide bonds. The maximum atomic E-state index is 12.4. The second kappa shape index (κ2) is 4.07. The summed E-state index contributed by atoms with van der Waals surface area (Å²) >= 11 is 0. The number of ketones is 1. The van der Waals surface area contributed by atoms with Crippen molar-refractivity contribution in [2.75, 3.05) is 0 Å². The molecule has 0 aromatic rings. The van der Waals surface area contributed by atoms with Crippen molar-refractivity contribution in [3.05, 3.63) is 11.6 Å². The van der Waals surface area contributed by atoms with Gasteiger partial charge in [-0.15, -0.1) is 0 Å². The lowest BCUT2D eigenvalue weighted by molar-refractivity contribution is -0.116. The molecule has 0 aromatic heterocycles. The lowest BCUT2D eigenvalue weighted by atomic mass is 9.72. The summed E-state index contributed by atoms with van der Waals surface area (Å²) in [7, 11) is -1.74. The molecule has 3 rings (SSSR count). The number of carbonyl (C=O) groups is 1. The van der Waals surface area contributed by atoms with Crippen LogP contribution in [-0.2, 0) is 9.22 Å². The Morgan fingerprint density at radius 1 is 1.35 bits per heavy atom. The van der Waals surface area contributed by atoms with Gasteiger partial charge in [0.05, 0.1) is 6.10 Å². The first-order chi connectivity index (χ1) is 9.06. The molecule has 3 aliphatic rings. The van der Waals surface area contributed by atoms with E-state index in [0.717, 1.165) is 24.8 Å². The van der Waals surface area contributed by atoms with E-state index in [4.69, 9.17) is 4.43 Å². The highest BCUT2D eigenvalue weighted by atomic mass is 28.4. The average molecular weight is 292 g/mol. The smallest absolute Gasteiger partial charge is 0.192 e. The summed E-state index contributed by atoms with van der Waals surface area (Å²) < 4.78 is 6.51. The van der Waals surface area contributed by atoms with Crippen LogP contribution >= 0.6 is 0 Å². The number of fused-ring (bicyclic) bond motifs is 3. The van der Waals surface area contributed by atoms with Crippen molar-refractivity contribution in [2.24, 2.45) is 17.3 Å². The standard InChI is InChI=1S/C17H28O2Si/c1-16(2,3)20(5,6)19-11-7-8-17(4)13-10-12(13)15(18)14(17)9-11/h9,11-13H,7-8,10H2,1-6H3/t11-,12+,13-,17+/m1/s1. The van der Waals surface area contributed by atoms with Crippen molar-refractivity contribution < 1.29 is 9.22 Å². The van der Waals surface area contributed by atoms with E-state index < -0.39 is 8.32 Å². The zero-order valence-corrected chi connectivity index (χ0v) is 14.7. The Kier molecular flexibility index (Phi) is 2.95. The molecule has 2 saturated carbocycles. The molecule has 112 valence electrons. The molecule has 0 N–H and O–H groups in total. The van der Waals surface area contributed by atoms with Crippen LogP contribution in [0.4, 0.5) is 0 Å². The van der Waals surface area contributed by atoms with Gasteiger partial charge in [0, 0.05) is 11.5 Å². The third kappa shape index (κ3) is 1.97. The molecule has 0 aromatic carbocycles. The molecule has 0 heterocycles. The van der Waals surface area contributed by atoms with E-state index in [2.05, 4.69) is 46.9 Å². The molecule has 2 fully saturated rings. The van der Waals surface area contributed by atoms with Crippen LogP contribution in [0.15, 0.2) is 11.6 Å². The van der Waals surface area contributed by atoms with E-state index in [9.17, 15) is 4.79 Å². The lowest BCUT2D eigenvalue weighted by Crippen LogP contribution is -2.45. The third-order valence-corrected chi connectivity index (χ3v) is 10.9. The summed E-state index contributed by atoms with van der Waals surface area (Å²) in [5, 5.41) is 0.230. The molecule has 0 spiro atoms. The monoisotopic (exact) mass is 292 g/mol. The highest BCUT2D eigenvalue weighted by Crippen LogP contribution is 2.65. The summed E-state index contributed by atoms with van der Waals surface area (Å²) in [4.78, 5) is 12.4. The predicted molar refractivity (Wildman–Crippen MR) is 84.1 cm³/mol. The Balaban J connectivity index is 1.81. The lowest BCUT2D eigenvalue weighted by Gasteiger charge is -2.42. The summed E-state index contributed by atoms with van der Waals surface area (Å²) in [6.45, 7) is 13.7. The van der Waals surface area contributed by atoms with Gasteiger partial charge in [-0.1, -0.05) is 27.7 Å². The van der Waals surface area contributed by atoms with Gasteiger partial charge in [0.2, 0.25) is 0 Å². The van der Waals surface area contributed by atoms with Gasteiger partial charge >= 0.3 is 0 Å². The molecule has 0 radical (unpaired) electrons. The van der Waals surface area contributed by atoms with Crippen LogP contribution in [0.2, 0.25) is 18.1 Å². The van der Waals surface area contributed by atoms with Gasteiger partial charge in [0.25, 0.3) is 0 Å². The highest BCUT2D eigenvalue weighted by Gasteiger charge is 2.64. The van der Waals surface area contributed by atoms with Crippen molar-refractivity contribution in [3.63, 3.8) is 0 Å². The maximum absolute atomic E-state index is 12.4. The summed E-state index contributed by atoms with van der Waals surface area (Å²) in [5.41, 5.74) is 1.28. The number of carbonyl (C=O) groups excluding carboxylic acids is 1. The zero-order valence-electron chi connectivity index (χ0n) is 13.7. The highest BCUT2D eigenvalue weighted by molar-refractivity contribution is 6.74. The van der Waals surface area contributed by atoms with E-state index >= 15 is 0 Å². The molecule has 20 heavy (non-hydrogen) atoms. The molecular formula is C17H28O2Si. The Bertz CT molecular complexity index is 486. The second-order valence-electron chi connectivity index (χ2n) is 8.77. The van der Waals surface area contributed by atoms with Crippen LogP contribution in [0.5, 0.6) is 0 Å². The minimum absolute atomic E-state index is 0.167. The minimum Gasteiger partial charge on any atom is -0.411 e. The predicted octanol–water partition coefficient (Wildman–Crippen LogP) is 4.32. The van der Waals surface area contributed by atoms with Crippen LogP contribution in [-0.4, -0.2) is 20.2 Å². The van der Waals surface area contributed by atoms with E-state index in [1.54, 1.807) is 0 Å². The number of hydrogen-bond donors (Lipinski definition) is 0. The molecule has 0 saturated heterocycles. The molecule has 3 heteroatoms. The van der Waals surface area contributed by atoms with Crippen LogP contribution in [0.1, 0.15) is 47.0 Å². The van der Waals surface area contributed by atoms with Crippen LogP contribution in [0.25, 0.3) is 0 Å². The van der Waals surface area contributed by atoms with E-state index in [0.29, 0.717) is 17.6 Å². The molecule has 0 aliphatic heterocycles. The largest absolute Gasteiger partial charge is 0.411 e. The fourth-order valence-corrected chi connectivity index (χ4v) is 5.12. The van der Waals surface area contributed by atoms with E-state index in [-0.39, 0.29) is 16.6 Å². The van der Waals surface area contributed by atoms with Crippen LogP contribution < -0.4 is 0 Å². The second-order valence-corrected chi connectivity index (χ2v) is 13.5. The van der Waals surface area contributed by atoms with Gasteiger partial charge in [-0.2, -0.15) is 0 Å². The van der Waals surface area contributed by atoms with Gasteiger partial charge in [0.15, 0.2) is 14.1 Å². The first-order valence-corrected chi connectivity index (χ1v) is 10.9.